The van der Waals surface area contributed by atoms with Gasteiger partial charge in [0.15, 0.2) is 0 Å². The second-order valence-electron chi connectivity index (χ2n) is 4.19. The van der Waals surface area contributed by atoms with Gasteiger partial charge in [-0.15, -0.1) is 15.3 Å². The van der Waals surface area contributed by atoms with Crippen LogP contribution in [-0.4, -0.2) is 26.5 Å². The fraction of sp³-hybridized carbons (Fsp3) is 0. The van der Waals surface area contributed by atoms with Crippen LogP contribution in [0.3, 0.4) is 0 Å². The first-order chi connectivity index (χ1) is 10.9. The van der Waals surface area contributed by atoms with Crippen molar-refractivity contribution in [1.29, 1.82) is 0 Å². The number of anilines is 1. The van der Waals surface area contributed by atoms with Gasteiger partial charge in [0.1, 0.15) is 0 Å². The van der Waals surface area contributed by atoms with Crippen LogP contribution in [-0.2, 0) is 0 Å². The molecule has 2 aromatic carbocycles. The zero-order chi connectivity index (χ0) is 15.0. The summed E-state index contributed by atoms with van der Waals surface area (Å²) in [7, 11) is 0. The number of hydrogen-bond acceptors (Lipinski definition) is 6. The highest BCUT2D eigenvalue weighted by atomic mass is 15.5. The van der Waals surface area contributed by atoms with Crippen molar-refractivity contribution in [2.24, 2.45) is 15.3 Å². The monoisotopic (exact) mass is 292 g/mol. The number of amidine groups is 1. The van der Waals surface area contributed by atoms with Crippen molar-refractivity contribution in [1.82, 2.24) is 20.6 Å². The summed E-state index contributed by atoms with van der Waals surface area (Å²) in [5.74, 6) is 0.553. The number of nitrogens with one attached hydrogen (secondary N) is 2. The number of aromatic nitrogens is 4. The molecule has 1 heterocycles. The molecule has 8 heteroatoms. The third kappa shape index (κ3) is 3.57. The zero-order valence-electron chi connectivity index (χ0n) is 11.5. The molecular weight excluding hydrogens is 280 g/mol. The Balaban J connectivity index is 1.86. The maximum atomic E-state index is 4.28. The van der Waals surface area contributed by atoms with Gasteiger partial charge in [0, 0.05) is 5.56 Å². The molecule has 3 aromatic rings. The Kier molecular flexibility index (Phi) is 4.22. The molecule has 1 aromatic heterocycles. The number of azo groups is 1. The average molecular weight is 292 g/mol. The number of nitrogens with zero attached hydrogens (tertiary/aromatic N) is 6. The van der Waals surface area contributed by atoms with Crippen LogP contribution < -0.4 is 5.43 Å². The molecule has 0 saturated carbocycles. The molecule has 0 unspecified atom stereocenters. The average Bonchev–Trinajstić information content (AvgIpc) is 3.10. The molecule has 0 amide bonds. The van der Waals surface area contributed by atoms with Crippen molar-refractivity contribution in [3.63, 3.8) is 0 Å². The number of hydrazone groups is 1. The number of rotatable bonds is 4. The minimum absolute atomic E-state index is 0.142. The Morgan fingerprint density at radius 3 is 2.36 bits per heavy atom. The van der Waals surface area contributed by atoms with Gasteiger partial charge >= 0.3 is 5.95 Å². The molecule has 22 heavy (non-hydrogen) atoms. The quantitative estimate of drug-likeness (QED) is 0.334. The van der Waals surface area contributed by atoms with E-state index in [1.165, 1.54) is 0 Å². The molecule has 0 spiro atoms. The van der Waals surface area contributed by atoms with Crippen LogP contribution in [0.15, 0.2) is 76.0 Å². The van der Waals surface area contributed by atoms with E-state index in [2.05, 4.69) is 41.4 Å². The highest BCUT2D eigenvalue weighted by Crippen LogP contribution is 2.09. The van der Waals surface area contributed by atoms with E-state index in [1.54, 1.807) is 0 Å². The number of hydrogen-bond donors (Lipinski definition) is 2. The number of para-hydroxylation sites is 1. The molecule has 0 aliphatic carbocycles. The van der Waals surface area contributed by atoms with Gasteiger partial charge in [-0.1, -0.05) is 53.6 Å². The summed E-state index contributed by atoms with van der Waals surface area (Å²) in [4.78, 5) is 0. The highest BCUT2D eigenvalue weighted by Gasteiger charge is 2.03. The van der Waals surface area contributed by atoms with Crippen molar-refractivity contribution in [3.05, 3.63) is 66.2 Å². The first-order valence-corrected chi connectivity index (χ1v) is 6.51. The lowest BCUT2D eigenvalue weighted by Gasteiger charge is -2.02. The first kappa shape index (κ1) is 13.6. The first-order valence-electron chi connectivity index (χ1n) is 6.51. The Morgan fingerprint density at radius 2 is 1.68 bits per heavy atom. The van der Waals surface area contributed by atoms with Gasteiger partial charge in [-0.25, -0.2) is 0 Å². The van der Waals surface area contributed by atoms with Gasteiger partial charge in [-0.3, -0.25) is 5.43 Å². The van der Waals surface area contributed by atoms with Crippen molar-refractivity contribution < 1.29 is 0 Å². The Morgan fingerprint density at radius 1 is 0.955 bits per heavy atom. The number of benzene rings is 2. The lowest BCUT2D eigenvalue weighted by molar-refractivity contribution is 0.881. The third-order valence-electron chi connectivity index (χ3n) is 2.67. The number of aromatic amines is 1. The third-order valence-corrected chi connectivity index (χ3v) is 2.67. The molecule has 0 radical (unpaired) electrons. The normalized spacial score (nSPS) is 11.7. The molecule has 0 saturated heterocycles. The van der Waals surface area contributed by atoms with Crippen LogP contribution in [0.4, 0.5) is 11.6 Å². The maximum absolute atomic E-state index is 4.28. The lowest BCUT2D eigenvalue weighted by atomic mass is 10.2. The summed E-state index contributed by atoms with van der Waals surface area (Å²) >= 11 is 0. The summed E-state index contributed by atoms with van der Waals surface area (Å²) in [5, 5.41) is 25.4. The van der Waals surface area contributed by atoms with Crippen molar-refractivity contribution in [2.75, 3.05) is 5.43 Å². The zero-order valence-corrected chi connectivity index (χ0v) is 11.5. The van der Waals surface area contributed by atoms with E-state index in [1.807, 2.05) is 60.7 Å². The van der Waals surface area contributed by atoms with Crippen LogP contribution >= 0.6 is 0 Å². The van der Waals surface area contributed by atoms with Gasteiger partial charge in [-0.2, -0.15) is 10.3 Å². The van der Waals surface area contributed by atoms with Gasteiger partial charge in [0.2, 0.25) is 5.84 Å². The molecule has 8 nitrogen and oxygen atoms in total. The Labute approximate surface area is 126 Å². The molecule has 0 aliphatic heterocycles. The molecule has 0 fully saturated rings. The van der Waals surface area contributed by atoms with Gasteiger partial charge in [-0.05, 0) is 17.3 Å². The predicted octanol–water partition coefficient (Wildman–Crippen LogP) is 2.76. The fourth-order valence-electron chi connectivity index (χ4n) is 1.65. The topological polar surface area (TPSA) is 104 Å². The number of H-pyrrole nitrogens is 1. The second-order valence-corrected chi connectivity index (χ2v) is 4.19. The van der Waals surface area contributed by atoms with E-state index in [9.17, 15) is 0 Å². The van der Waals surface area contributed by atoms with Crippen molar-refractivity contribution >= 4 is 17.5 Å². The fourth-order valence-corrected chi connectivity index (χ4v) is 1.65. The van der Waals surface area contributed by atoms with E-state index in [0.29, 0.717) is 5.84 Å². The molecule has 2 N–H and O–H groups in total. The summed E-state index contributed by atoms with van der Waals surface area (Å²) in [6, 6.07) is 19.1. The van der Waals surface area contributed by atoms with E-state index >= 15 is 0 Å². The van der Waals surface area contributed by atoms with Crippen molar-refractivity contribution in [2.45, 2.75) is 0 Å². The summed E-state index contributed by atoms with van der Waals surface area (Å²) in [5.41, 5.74) is 4.61. The largest absolute Gasteiger partial charge is 0.307 e. The molecule has 108 valence electrons. The summed E-state index contributed by atoms with van der Waals surface area (Å²) in [6.07, 6.45) is 0. The van der Waals surface area contributed by atoms with E-state index in [-0.39, 0.29) is 5.95 Å². The molecule has 0 aliphatic rings. The van der Waals surface area contributed by atoms with Gasteiger partial charge < -0.3 is 0 Å². The van der Waals surface area contributed by atoms with E-state index < -0.39 is 0 Å². The minimum atomic E-state index is 0.142. The van der Waals surface area contributed by atoms with Crippen molar-refractivity contribution in [3.8, 4) is 0 Å². The lowest BCUT2D eigenvalue weighted by Crippen LogP contribution is -2.01. The van der Waals surface area contributed by atoms with Crippen LogP contribution in [0.25, 0.3) is 0 Å². The molecular formula is C14H12N8. The van der Waals surface area contributed by atoms with Crippen LogP contribution in [0.2, 0.25) is 0 Å². The Hall–Kier alpha value is -3.42. The van der Waals surface area contributed by atoms with Gasteiger partial charge in [0.25, 0.3) is 0 Å². The van der Waals surface area contributed by atoms with Crippen LogP contribution in [0.5, 0.6) is 0 Å². The van der Waals surface area contributed by atoms with Gasteiger partial charge in [0.05, 0.1) is 5.69 Å². The van der Waals surface area contributed by atoms with E-state index in [0.717, 1.165) is 11.3 Å². The smallest absolute Gasteiger partial charge is 0.276 e. The molecule has 3 rings (SSSR count). The molecule has 0 bridgehead atoms. The number of tetrazole rings is 1. The maximum Gasteiger partial charge on any atom is 0.307 e. The standard InChI is InChI=1S/C14H12N8/c1-3-7-11(8-4-1)13(17-18-14-19-21-22-20-14)16-15-12-9-5-2-6-10-12/h1-10,15H,(H,19,20,21,22)/b16-13+,18-17?. The minimum Gasteiger partial charge on any atom is -0.276 e. The predicted molar refractivity (Wildman–Crippen MR) is 81.7 cm³/mol. The van der Waals surface area contributed by atoms with Crippen LogP contribution in [0, 0.1) is 0 Å². The van der Waals surface area contributed by atoms with Crippen LogP contribution in [0.1, 0.15) is 5.56 Å². The summed E-state index contributed by atoms with van der Waals surface area (Å²) in [6.45, 7) is 0. The SMILES string of the molecule is c1ccc(N/N=C(/N=Nc2nn[nH]n2)c2ccccc2)cc1. The Bertz CT molecular complexity index is 750. The summed E-state index contributed by atoms with van der Waals surface area (Å²) < 4.78 is 0. The van der Waals surface area contributed by atoms with E-state index in [4.69, 9.17) is 0 Å². The highest BCUT2D eigenvalue weighted by molar-refractivity contribution is 5.99. The molecule has 0 atom stereocenters. The second kappa shape index (κ2) is 6.84.